The number of nitrogens with zero attached hydrogens (tertiary/aromatic N) is 1. The molecule has 0 saturated carbocycles. The fourth-order valence-corrected chi connectivity index (χ4v) is 4.80. The van der Waals surface area contributed by atoms with Gasteiger partial charge in [0.15, 0.2) is 0 Å². The quantitative estimate of drug-likeness (QED) is 0.486. The Bertz CT molecular complexity index is 1130. The van der Waals surface area contributed by atoms with Crippen LogP contribution in [0.4, 0.5) is 10.1 Å². The van der Waals surface area contributed by atoms with E-state index in [-0.39, 0.29) is 30.6 Å². The lowest BCUT2D eigenvalue weighted by atomic mass is 10.0. The Morgan fingerprint density at radius 3 is 2.74 bits per heavy atom. The lowest BCUT2D eigenvalue weighted by Crippen LogP contribution is -2.49. The van der Waals surface area contributed by atoms with Crippen LogP contribution in [0.3, 0.4) is 0 Å². The summed E-state index contributed by atoms with van der Waals surface area (Å²) < 4.78 is 19.5. The van der Waals surface area contributed by atoms with Gasteiger partial charge in [0.05, 0.1) is 29.4 Å². The highest BCUT2D eigenvalue weighted by Crippen LogP contribution is 2.34. The van der Waals surface area contributed by atoms with Crippen LogP contribution < -0.4 is 10.6 Å². The molecule has 2 aliphatic heterocycles. The van der Waals surface area contributed by atoms with Crippen LogP contribution in [0.5, 0.6) is 0 Å². The van der Waals surface area contributed by atoms with Gasteiger partial charge in [-0.3, -0.25) is 14.5 Å². The van der Waals surface area contributed by atoms with Crippen molar-refractivity contribution in [2.45, 2.75) is 46.0 Å². The van der Waals surface area contributed by atoms with E-state index in [1.54, 1.807) is 19.9 Å². The van der Waals surface area contributed by atoms with Crippen LogP contribution in [-0.2, 0) is 9.53 Å². The van der Waals surface area contributed by atoms with Crippen molar-refractivity contribution in [3.8, 4) is 0 Å². The number of fused-ring (bicyclic) bond motifs is 1. The fourth-order valence-electron chi connectivity index (χ4n) is 4.80. The van der Waals surface area contributed by atoms with Gasteiger partial charge >= 0.3 is 0 Å². The third-order valence-corrected chi connectivity index (χ3v) is 6.22. The zero-order valence-corrected chi connectivity index (χ0v) is 19.9. The number of nitrogens with one attached hydrogen (secondary N) is 3. The maximum Gasteiger partial charge on any atom is 0.256 e. The minimum Gasteiger partial charge on any atom is -0.390 e. The number of aliphatic hydroxyl groups is 1. The molecule has 182 valence electrons. The van der Waals surface area contributed by atoms with Gasteiger partial charge in [0.1, 0.15) is 5.82 Å². The highest BCUT2D eigenvalue weighted by molar-refractivity contribution is 6.34. The molecule has 3 unspecified atom stereocenters. The monoisotopic (exact) mass is 470 g/mol. The average molecular weight is 471 g/mol. The minimum absolute atomic E-state index is 0.105. The van der Waals surface area contributed by atoms with E-state index in [9.17, 15) is 19.1 Å². The Morgan fingerprint density at radius 1 is 1.32 bits per heavy atom. The van der Waals surface area contributed by atoms with Gasteiger partial charge < -0.3 is 25.5 Å². The van der Waals surface area contributed by atoms with Crippen LogP contribution in [-0.4, -0.2) is 71.3 Å². The summed E-state index contributed by atoms with van der Waals surface area (Å²) in [6.07, 6.45) is 1.13. The van der Waals surface area contributed by atoms with E-state index in [1.807, 2.05) is 13.8 Å². The number of amides is 2. The molecule has 9 heteroatoms. The molecule has 0 bridgehead atoms. The van der Waals surface area contributed by atoms with Gasteiger partial charge in [-0.15, -0.1) is 0 Å². The number of benzene rings is 1. The van der Waals surface area contributed by atoms with E-state index >= 15 is 0 Å². The van der Waals surface area contributed by atoms with Crippen LogP contribution in [0.25, 0.3) is 11.6 Å². The first-order valence-electron chi connectivity index (χ1n) is 11.5. The van der Waals surface area contributed by atoms with E-state index in [4.69, 9.17) is 4.74 Å². The second-order valence-corrected chi connectivity index (χ2v) is 9.21. The number of aromatic nitrogens is 1. The first kappa shape index (κ1) is 24.1. The van der Waals surface area contributed by atoms with Gasteiger partial charge in [0.25, 0.3) is 11.8 Å². The molecule has 0 radical (unpaired) electrons. The number of H-pyrrole nitrogens is 1. The number of hydrogen-bond acceptors (Lipinski definition) is 5. The first-order chi connectivity index (χ1) is 16.1. The Hall–Kier alpha value is -3.01. The number of rotatable bonds is 6. The van der Waals surface area contributed by atoms with Crippen LogP contribution in [0.15, 0.2) is 18.2 Å². The molecule has 1 aromatic heterocycles. The molecule has 4 rings (SSSR count). The number of halogens is 1. The molecule has 34 heavy (non-hydrogen) atoms. The fraction of sp³-hybridized carbons (Fsp3) is 0.440. The first-order valence-corrected chi connectivity index (χ1v) is 11.5. The highest BCUT2D eigenvalue weighted by Gasteiger charge is 2.27. The van der Waals surface area contributed by atoms with Gasteiger partial charge in [0, 0.05) is 48.8 Å². The van der Waals surface area contributed by atoms with Crippen molar-refractivity contribution >= 4 is 29.2 Å². The second kappa shape index (κ2) is 9.69. The molecule has 0 spiro atoms. The molecule has 1 saturated heterocycles. The summed E-state index contributed by atoms with van der Waals surface area (Å²) in [5, 5.41) is 16.0. The number of aryl methyl sites for hydroxylation is 1. The SMILES string of the molecule is Cc1[nH]c(C=C2C(=O)Nc3ccc(F)cc32)c(C)c1C(=O)NCC(O)CN1CC(C)OC(C)C1. The molecule has 3 atom stereocenters. The number of hydrogen-bond donors (Lipinski definition) is 4. The molecule has 4 N–H and O–H groups in total. The van der Waals surface area contributed by atoms with Gasteiger partial charge in [-0.05, 0) is 57.5 Å². The Morgan fingerprint density at radius 2 is 2.03 bits per heavy atom. The number of carbonyl (C=O) groups excluding carboxylic acids is 2. The molecule has 2 aliphatic rings. The smallest absolute Gasteiger partial charge is 0.256 e. The van der Waals surface area contributed by atoms with E-state index < -0.39 is 11.9 Å². The predicted octanol–water partition coefficient (Wildman–Crippen LogP) is 2.46. The lowest BCUT2D eigenvalue weighted by molar-refractivity contribution is -0.110. The number of aliphatic hydroxyl groups excluding tert-OH is 1. The number of β-amino-alcohol motifs (C(OH)–C–C–N with tert-alkyl or cyclic N) is 1. The van der Waals surface area contributed by atoms with E-state index in [2.05, 4.69) is 20.5 Å². The largest absolute Gasteiger partial charge is 0.390 e. The molecule has 0 aliphatic carbocycles. The summed E-state index contributed by atoms with van der Waals surface area (Å²) >= 11 is 0. The van der Waals surface area contributed by atoms with Crippen molar-refractivity contribution in [3.05, 3.63) is 52.1 Å². The van der Waals surface area contributed by atoms with E-state index in [0.717, 1.165) is 13.1 Å². The van der Waals surface area contributed by atoms with Gasteiger partial charge in [0.2, 0.25) is 0 Å². The molecule has 3 heterocycles. The Kier molecular flexibility index (Phi) is 6.88. The summed E-state index contributed by atoms with van der Waals surface area (Å²) in [5.74, 6) is -1.06. The van der Waals surface area contributed by atoms with Crippen molar-refractivity contribution in [3.63, 3.8) is 0 Å². The van der Waals surface area contributed by atoms with Crippen LogP contribution in [0, 0.1) is 19.7 Å². The van der Waals surface area contributed by atoms with E-state index in [1.165, 1.54) is 18.2 Å². The predicted molar refractivity (Wildman–Crippen MR) is 128 cm³/mol. The molecule has 1 aromatic carbocycles. The maximum absolute atomic E-state index is 13.7. The van der Waals surface area contributed by atoms with Gasteiger partial charge in [-0.25, -0.2) is 4.39 Å². The van der Waals surface area contributed by atoms with Crippen molar-refractivity contribution < 1.29 is 23.8 Å². The van der Waals surface area contributed by atoms with E-state index in [0.29, 0.717) is 45.9 Å². The summed E-state index contributed by atoms with van der Waals surface area (Å²) in [4.78, 5) is 30.6. The Balaban J connectivity index is 1.44. The molecule has 2 aromatic rings. The number of carbonyl (C=O) groups is 2. The number of anilines is 1. The average Bonchev–Trinajstić information content (AvgIpc) is 3.20. The summed E-state index contributed by atoms with van der Waals surface area (Å²) in [6.45, 7) is 9.63. The van der Waals surface area contributed by atoms with Crippen LogP contribution in [0.2, 0.25) is 0 Å². The molecule has 8 nitrogen and oxygen atoms in total. The summed E-state index contributed by atoms with van der Waals surface area (Å²) in [7, 11) is 0. The van der Waals surface area contributed by atoms with Crippen LogP contribution in [0.1, 0.15) is 46.7 Å². The third-order valence-electron chi connectivity index (χ3n) is 6.22. The highest BCUT2D eigenvalue weighted by atomic mass is 19.1. The molecular formula is C25H31FN4O4. The molecule has 1 fully saturated rings. The Labute approximate surface area is 198 Å². The number of morpholine rings is 1. The molecule has 2 amide bonds. The van der Waals surface area contributed by atoms with Crippen LogP contribution >= 0.6 is 0 Å². The lowest BCUT2D eigenvalue weighted by Gasteiger charge is -2.36. The molecular weight excluding hydrogens is 439 g/mol. The standard InChI is InChI=1S/C25H31FN4O4/c1-13-10-30(11-14(2)34-13)12-18(31)9-27-25(33)23-15(3)22(28-16(23)4)8-20-19-7-17(26)5-6-21(19)29-24(20)32/h5-8,13-14,18,28,31H,9-12H2,1-4H3,(H,27,33)(H,29,32). The zero-order valence-electron chi connectivity index (χ0n) is 19.9. The van der Waals surface area contributed by atoms with Crippen molar-refractivity contribution in [2.24, 2.45) is 0 Å². The normalized spacial score (nSPS) is 22.5. The van der Waals surface area contributed by atoms with Crippen molar-refractivity contribution in [1.82, 2.24) is 15.2 Å². The van der Waals surface area contributed by atoms with Crippen molar-refractivity contribution in [1.29, 1.82) is 0 Å². The van der Waals surface area contributed by atoms with Crippen molar-refractivity contribution in [2.75, 3.05) is 31.5 Å². The third kappa shape index (κ3) is 5.06. The zero-order chi connectivity index (χ0) is 24.6. The maximum atomic E-state index is 13.7. The number of aromatic amines is 1. The minimum atomic E-state index is -0.712. The van der Waals surface area contributed by atoms with Gasteiger partial charge in [-0.1, -0.05) is 0 Å². The summed E-state index contributed by atoms with van der Waals surface area (Å²) in [6, 6.07) is 4.14. The second-order valence-electron chi connectivity index (χ2n) is 9.21. The topological polar surface area (TPSA) is 107 Å². The summed E-state index contributed by atoms with van der Waals surface area (Å²) in [5.41, 5.74) is 3.74. The van der Waals surface area contributed by atoms with Gasteiger partial charge in [-0.2, -0.15) is 0 Å². The number of ether oxygens (including phenoxy) is 1.